The topological polar surface area (TPSA) is 77.9 Å². The summed E-state index contributed by atoms with van der Waals surface area (Å²) in [6.45, 7) is 5.09. The lowest BCUT2D eigenvalue weighted by atomic mass is 9.94. The van der Waals surface area contributed by atoms with Gasteiger partial charge in [0.1, 0.15) is 0 Å². The number of carboxylic acids is 1. The number of hydrogen-bond acceptors (Lipinski definition) is 3. The average Bonchev–Trinajstić information content (AvgIpc) is 2.63. The van der Waals surface area contributed by atoms with E-state index in [9.17, 15) is 14.4 Å². The molecule has 0 unspecified atom stereocenters. The zero-order valence-electron chi connectivity index (χ0n) is 15.9. The third kappa shape index (κ3) is 5.96. The number of amides is 2. The molecule has 0 aromatic heterocycles. The van der Waals surface area contributed by atoms with E-state index in [1.807, 2.05) is 19.1 Å². The molecular formula is C20H27ClN2O4. The Morgan fingerprint density at radius 3 is 2.44 bits per heavy atom. The van der Waals surface area contributed by atoms with Crippen LogP contribution in [0.2, 0.25) is 5.02 Å². The number of anilines is 1. The van der Waals surface area contributed by atoms with Crippen molar-refractivity contribution in [1.29, 1.82) is 0 Å². The monoisotopic (exact) mass is 394 g/mol. The molecule has 0 radical (unpaired) electrons. The molecular weight excluding hydrogens is 368 g/mol. The Kier molecular flexibility index (Phi) is 7.66. The van der Waals surface area contributed by atoms with Crippen molar-refractivity contribution >= 4 is 35.1 Å². The molecule has 1 aromatic rings. The standard InChI is InChI=1S/C20H27ClN2O4/c1-14-6-7-17(13-18(14)21)23(10-4-3-5-19(25)26)20(27)16-8-11-22(12-9-16)15(2)24/h6-7,13,16H,3-5,8-12H2,1-2H3,(H,25,26). The molecule has 1 aromatic carbocycles. The van der Waals surface area contributed by atoms with E-state index in [0.717, 1.165) is 11.3 Å². The summed E-state index contributed by atoms with van der Waals surface area (Å²) in [5.41, 5.74) is 1.67. The fraction of sp³-hybridized carbons (Fsp3) is 0.550. The van der Waals surface area contributed by atoms with Crippen LogP contribution in [-0.2, 0) is 14.4 Å². The number of piperidine rings is 1. The summed E-state index contributed by atoms with van der Waals surface area (Å²) in [7, 11) is 0. The van der Waals surface area contributed by atoms with Crippen LogP contribution in [-0.4, -0.2) is 47.4 Å². The van der Waals surface area contributed by atoms with Crippen molar-refractivity contribution < 1.29 is 19.5 Å². The fourth-order valence-electron chi connectivity index (χ4n) is 3.32. The van der Waals surface area contributed by atoms with E-state index in [-0.39, 0.29) is 24.2 Å². The minimum absolute atomic E-state index is 0.0217. The summed E-state index contributed by atoms with van der Waals surface area (Å²) in [6.07, 6.45) is 2.50. The van der Waals surface area contributed by atoms with E-state index in [1.54, 1.807) is 22.8 Å². The molecule has 148 valence electrons. The Labute approximate surface area is 165 Å². The first kappa shape index (κ1) is 21.2. The Morgan fingerprint density at radius 2 is 1.89 bits per heavy atom. The average molecular weight is 395 g/mol. The molecule has 1 fully saturated rings. The molecule has 1 aliphatic heterocycles. The first-order chi connectivity index (χ1) is 12.8. The molecule has 0 saturated carbocycles. The molecule has 1 N–H and O–H groups in total. The SMILES string of the molecule is CC(=O)N1CCC(C(=O)N(CCCCC(=O)O)c2ccc(C)c(Cl)c2)CC1. The van der Waals surface area contributed by atoms with Crippen LogP contribution in [0.1, 0.15) is 44.6 Å². The molecule has 6 nitrogen and oxygen atoms in total. The second-order valence-electron chi connectivity index (χ2n) is 7.05. The summed E-state index contributed by atoms with van der Waals surface area (Å²) in [4.78, 5) is 38.9. The number of carboxylic acid groups (broad SMARTS) is 1. The number of aliphatic carboxylic acids is 1. The first-order valence-corrected chi connectivity index (χ1v) is 9.72. The highest BCUT2D eigenvalue weighted by Crippen LogP contribution is 2.27. The highest BCUT2D eigenvalue weighted by molar-refractivity contribution is 6.31. The zero-order valence-corrected chi connectivity index (χ0v) is 16.7. The summed E-state index contributed by atoms with van der Waals surface area (Å²) >= 11 is 6.25. The quantitative estimate of drug-likeness (QED) is 0.718. The van der Waals surface area contributed by atoms with Gasteiger partial charge in [-0.2, -0.15) is 0 Å². The highest BCUT2D eigenvalue weighted by atomic mass is 35.5. The van der Waals surface area contributed by atoms with Gasteiger partial charge in [0.2, 0.25) is 11.8 Å². The van der Waals surface area contributed by atoms with Crippen LogP contribution in [0.25, 0.3) is 0 Å². The van der Waals surface area contributed by atoms with E-state index < -0.39 is 5.97 Å². The Balaban J connectivity index is 2.10. The molecule has 2 amide bonds. The molecule has 0 spiro atoms. The second-order valence-corrected chi connectivity index (χ2v) is 7.46. The number of carbonyl (C=O) groups is 3. The minimum atomic E-state index is -0.831. The van der Waals surface area contributed by atoms with Gasteiger partial charge in [-0.15, -0.1) is 0 Å². The molecule has 1 heterocycles. The van der Waals surface area contributed by atoms with Crippen molar-refractivity contribution in [3.05, 3.63) is 28.8 Å². The summed E-state index contributed by atoms with van der Waals surface area (Å²) in [5.74, 6) is -0.909. The van der Waals surface area contributed by atoms with Gasteiger partial charge in [0.25, 0.3) is 0 Å². The van der Waals surface area contributed by atoms with Crippen LogP contribution in [0, 0.1) is 12.8 Å². The third-order valence-corrected chi connectivity index (χ3v) is 5.45. The molecule has 0 bridgehead atoms. The number of likely N-dealkylation sites (tertiary alicyclic amines) is 1. The number of unbranched alkanes of at least 4 members (excludes halogenated alkanes) is 1. The molecule has 1 aliphatic rings. The predicted molar refractivity (Wildman–Crippen MR) is 105 cm³/mol. The van der Waals surface area contributed by atoms with Gasteiger partial charge in [-0.1, -0.05) is 17.7 Å². The Morgan fingerprint density at radius 1 is 1.22 bits per heavy atom. The largest absolute Gasteiger partial charge is 0.481 e. The van der Waals surface area contributed by atoms with Gasteiger partial charge in [0.15, 0.2) is 0 Å². The molecule has 7 heteroatoms. The number of hydrogen-bond donors (Lipinski definition) is 1. The summed E-state index contributed by atoms with van der Waals surface area (Å²) < 4.78 is 0. The van der Waals surface area contributed by atoms with Gasteiger partial charge in [-0.3, -0.25) is 14.4 Å². The maximum absolute atomic E-state index is 13.2. The lowest BCUT2D eigenvalue weighted by Gasteiger charge is -2.34. The van der Waals surface area contributed by atoms with E-state index in [4.69, 9.17) is 16.7 Å². The fourth-order valence-corrected chi connectivity index (χ4v) is 3.50. The van der Waals surface area contributed by atoms with Crippen LogP contribution in [0.3, 0.4) is 0 Å². The summed E-state index contributed by atoms with van der Waals surface area (Å²) in [6, 6.07) is 5.55. The predicted octanol–water partition coefficient (Wildman–Crippen LogP) is 3.49. The lowest BCUT2D eigenvalue weighted by molar-refractivity contribution is -0.137. The van der Waals surface area contributed by atoms with Crippen molar-refractivity contribution in [2.75, 3.05) is 24.5 Å². The minimum Gasteiger partial charge on any atom is -0.481 e. The van der Waals surface area contributed by atoms with Gasteiger partial charge < -0.3 is 14.9 Å². The number of benzene rings is 1. The van der Waals surface area contributed by atoms with Gasteiger partial charge in [-0.05, 0) is 50.3 Å². The van der Waals surface area contributed by atoms with Gasteiger partial charge in [0, 0.05) is 49.6 Å². The second kappa shape index (κ2) is 9.74. The maximum atomic E-state index is 13.2. The lowest BCUT2D eigenvalue weighted by Crippen LogP contribution is -2.44. The van der Waals surface area contributed by atoms with Gasteiger partial charge in [-0.25, -0.2) is 0 Å². The first-order valence-electron chi connectivity index (χ1n) is 9.34. The smallest absolute Gasteiger partial charge is 0.303 e. The molecule has 0 atom stereocenters. The van der Waals surface area contributed by atoms with Crippen LogP contribution >= 0.6 is 11.6 Å². The van der Waals surface area contributed by atoms with E-state index in [2.05, 4.69) is 0 Å². The van der Waals surface area contributed by atoms with Crippen LogP contribution < -0.4 is 4.90 Å². The van der Waals surface area contributed by atoms with Crippen molar-refractivity contribution in [1.82, 2.24) is 4.90 Å². The number of rotatable bonds is 7. The molecule has 2 rings (SSSR count). The van der Waals surface area contributed by atoms with Crippen molar-refractivity contribution in [3.8, 4) is 0 Å². The highest BCUT2D eigenvalue weighted by Gasteiger charge is 2.30. The Hall–Kier alpha value is -2.08. The molecule has 1 saturated heterocycles. The van der Waals surface area contributed by atoms with E-state index >= 15 is 0 Å². The maximum Gasteiger partial charge on any atom is 0.303 e. The van der Waals surface area contributed by atoms with Crippen molar-refractivity contribution in [2.45, 2.75) is 46.0 Å². The molecule has 27 heavy (non-hydrogen) atoms. The van der Waals surface area contributed by atoms with E-state index in [1.165, 1.54) is 0 Å². The number of carbonyl (C=O) groups excluding carboxylic acids is 2. The number of halogens is 1. The normalized spacial score (nSPS) is 14.9. The van der Waals surface area contributed by atoms with E-state index in [0.29, 0.717) is 50.3 Å². The van der Waals surface area contributed by atoms with Crippen LogP contribution in [0.4, 0.5) is 5.69 Å². The summed E-state index contributed by atoms with van der Waals surface area (Å²) in [5, 5.41) is 9.41. The number of aryl methyl sites for hydroxylation is 1. The van der Waals surface area contributed by atoms with Crippen LogP contribution in [0.15, 0.2) is 18.2 Å². The molecule has 0 aliphatic carbocycles. The van der Waals surface area contributed by atoms with Crippen LogP contribution in [0.5, 0.6) is 0 Å². The van der Waals surface area contributed by atoms with Gasteiger partial charge in [0.05, 0.1) is 0 Å². The van der Waals surface area contributed by atoms with Gasteiger partial charge >= 0.3 is 5.97 Å². The van der Waals surface area contributed by atoms with Crippen molar-refractivity contribution in [3.63, 3.8) is 0 Å². The third-order valence-electron chi connectivity index (χ3n) is 5.05. The Bertz CT molecular complexity index is 699. The van der Waals surface area contributed by atoms with Crippen molar-refractivity contribution in [2.24, 2.45) is 5.92 Å². The number of nitrogens with zero attached hydrogens (tertiary/aromatic N) is 2. The zero-order chi connectivity index (χ0) is 20.0.